The fraction of sp³-hybridized carbons (Fsp3) is 0.345. The van der Waals surface area contributed by atoms with Gasteiger partial charge in [0.25, 0.3) is 5.91 Å². The van der Waals surface area contributed by atoms with Gasteiger partial charge in [-0.25, -0.2) is 4.39 Å². The monoisotopic (exact) mass is 548 g/mol. The first-order valence-corrected chi connectivity index (χ1v) is 12.4. The van der Waals surface area contributed by atoms with Gasteiger partial charge in [-0.15, -0.1) is 0 Å². The van der Waals surface area contributed by atoms with Crippen molar-refractivity contribution in [2.45, 2.75) is 51.1 Å². The smallest absolute Gasteiger partial charge is 0.416 e. The molecule has 1 amide bonds. The van der Waals surface area contributed by atoms with Crippen LogP contribution in [-0.2, 0) is 25.6 Å². The minimum Gasteiger partial charge on any atom is -0.508 e. The molecule has 3 rings (SSSR count). The predicted molar refractivity (Wildman–Crippen MR) is 139 cm³/mol. The third-order valence-corrected chi connectivity index (χ3v) is 6.25. The van der Waals surface area contributed by atoms with Gasteiger partial charge in [0.15, 0.2) is 0 Å². The van der Waals surface area contributed by atoms with Crippen LogP contribution in [0.25, 0.3) is 0 Å². The lowest BCUT2D eigenvalue weighted by Crippen LogP contribution is -2.43. The lowest BCUT2D eigenvalue weighted by molar-refractivity contribution is -0.137. The summed E-state index contributed by atoms with van der Waals surface area (Å²) in [5.74, 6) is -1.44. The molecule has 0 saturated heterocycles. The highest BCUT2D eigenvalue weighted by molar-refractivity contribution is 5.94. The summed E-state index contributed by atoms with van der Waals surface area (Å²) < 4.78 is 52.3. The molecule has 3 aromatic carbocycles. The van der Waals surface area contributed by atoms with Gasteiger partial charge in [-0.2, -0.15) is 13.2 Å². The van der Waals surface area contributed by atoms with Crippen LogP contribution in [0.3, 0.4) is 0 Å². The molecule has 3 aromatic rings. The van der Waals surface area contributed by atoms with Gasteiger partial charge in [-0.1, -0.05) is 18.2 Å². The Morgan fingerprint density at radius 3 is 2.44 bits per heavy atom. The Kier molecular flexibility index (Phi) is 9.71. The van der Waals surface area contributed by atoms with Crippen molar-refractivity contribution in [3.8, 4) is 5.75 Å². The Morgan fingerprint density at radius 2 is 1.74 bits per heavy atom. The Balaban J connectivity index is 1.55. The van der Waals surface area contributed by atoms with Gasteiger partial charge in [-0.3, -0.25) is 4.79 Å². The van der Waals surface area contributed by atoms with E-state index in [4.69, 9.17) is 0 Å². The molecule has 0 spiro atoms. The van der Waals surface area contributed by atoms with E-state index in [-0.39, 0.29) is 37.4 Å². The normalized spacial score (nSPS) is 12.8. The van der Waals surface area contributed by atoms with Crippen molar-refractivity contribution in [1.29, 1.82) is 0 Å². The molecule has 0 aromatic heterocycles. The zero-order chi connectivity index (χ0) is 28.8. The summed E-state index contributed by atoms with van der Waals surface area (Å²) in [4.78, 5) is 12.6. The summed E-state index contributed by atoms with van der Waals surface area (Å²) in [6, 6.07) is 13.8. The number of nitrogens with one attached hydrogen (secondary N) is 2. The third-order valence-electron chi connectivity index (χ3n) is 6.25. The Bertz CT molecular complexity index is 1290. The molecule has 0 heterocycles. The molecule has 5 N–H and O–H groups in total. The summed E-state index contributed by atoms with van der Waals surface area (Å²) >= 11 is 0. The molecule has 1 atom stereocenters. The van der Waals surface area contributed by atoms with Crippen LogP contribution in [0.4, 0.5) is 17.6 Å². The van der Waals surface area contributed by atoms with Crippen molar-refractivity contribution >= 4 is 5.91 Å². The van der Waals surface area contributed by atoms with Crippen molar-refractivity contribution in [2.75, 3.05) is 13.1 Å². The lowest BCUT2D eigenvalue weighted by atomic mass is 9.93. The predicted octanol–water partition coefficient (Wildman–Crippen LogP) is 4.66. The number of aliphatic hydroxyl groups excluding tert-OH is 2. The number of carbonyl (C=O) groups is 1. The van der Waals surface area contributed by atoms with E-state index in [0.717, 1.165) is 17.7 Å². The van der Waals surface area contributed by atoms with Crippen LogP contribution in [0.15, 0.2) is 60.7 Å². The van der Waals surface area contributed by atoms with Crippen LogP contribution in [-0.4, -0.2) is 39.9 Å². The number of phenols is 1. The molecular formula is C29H32F4N2O4. The summed E-state index contributed by atoms with van der Waals surface area (Å²) in [6.45, 7) is 3.77. The number of hydrogen-bond donors (Lipinski definition) is 5. The fourth-order valence-corrected chi connectivity index (χ4v) is 4.21. The molecule has 0 saturated carbocycles. The quantitative estimate of drug-likeness (QED) is 0.225. The van der Waals surface area contributed by atoms with Gasteiger partial charge in [0.05, 0.1) is 18.3 Å². The first-order chi connectivity index (χ1) is 18.3. The molecule has 6 nitrogen and oxygen atoms in total. The van der Waals surface area contributed by atoms with E-state index >= 15 is 0 Å². The summed E-state index contributed by atoms with van der Waals surface area (Å²) in [5.41, 5.74) is 0.681. The average molecular weight is 549 g/mol. The Morgan fingerprint density at radius 1 is 1.00 bits per heavy atom. The van der Waals surface area contributed by atoms with Gasteiger partial charge in [0.1, 0.15) is 11.6 Å². The van der Waals surface area contributed by atoms with Crippen molar-refractivity contribution in [2.24, 2.45) is 0 Å². The van der Waals surface area contributed by atoms with Crippen molar-refractivity contribution in [3.63, 3.8) is 0 Å². The third kappa shape index (κ3) is 8.77. The van der Waals surface area contributed by atoms with Crippen molar-refractivity contribution in [1.82, 2.24) is 10.6 Å². The number of β-amino-alcohol motifs (C(OH)–C–C–N with tert-alkyl or cyclic N) is 1. The molecular weight excluding hydrogens is 516 g/mol. The van der Waals surface area contributed by atoms with Gasteiger partial charge in [0.2, 0.25) is 0 Å². The summed E-state index contributed by atoms with van der Waals surface area (Å²) in [6.07, 6.45) is -4.98. The van der Waals surface area contributed by atoms with Crippen LogP contribution in [0.1, 0.15) is 58.1 Å². The van der Waals surface area contributed by atoms with Crippen LogP contribution in [0.5, 0.6) is 5.75 Å². The SMILES string of the molecule is CC(C)(Cc1cccc(C(=O)NCCc2cc(F)cc(C(F)(F)F)c2)c1)NC[C@H](O)c1ccc(O)c(CO)c1. The number of alkyl halides is 3. The van der Waals surface area contributed by atoms with Gasteiger partial charge in [-0.05, 0) is 85.8 Å². The first kappa shape index (κ1) is 30.1. The average Bonchev–Trinajstić information content (AvgIpc) is 2.86. The molecule has 0 bridgehead atoms. The Labute approximate surface area is 224 Å². The maximum absolute atomic E-state index is 13.6. The van der Waals surface area contributed by atoms with E-state index in [0.29, 0.717) is 29.2 Å². The molecule has 0 unspecified atom stereocenters. The van der Waals surface area contributed by atoms with E-state index in [9.17, 15) is 37.7 Å². The van der Waals surface area contributed by atoms with Crippen LogP contribution >= 0.6 is 0 Å². The number of rotatable bonds is 11. The lowest BCUT2D eigenvalue weighted by Gasteiger charge is -2.28. The summed E-state index contributed by atoms with van der Waals surface area (Å²) in [7, 11) is 0. The van der Waals surface area contributed by atoms with E-state index in [2.05, 4.69) is 10.6 Å². The highest BCUT2D eigenvalue weighted by Gasteiger charge is 2.31. The number of benzene rings is 3. The second kappa shape index (κ2) is 12.6. The number of carbonyl (C=O) groups excluding carboxylic acids is 1. The zero-order valence-corrected chi connectivity index (χ0v) is 21.6. The number of hydrogen-bond acceptors (Lipinski definition) is 5. The van der Waals surface area contributed by atoms with E-state index in [1.54, 1.807) is 30.3 Å². The molecule has 210 valence electrons. The van der Waals surface area contributed by atoms with Crippen molar-refractivity contribution in [3.05, 3.63) is 99.9 Å². The molecule has 0 aliphatic rings. The molecule has 39 heavy (non-hydrogen) atoms. The van der Waals surface area contributed by atoms with Gasteiger partial charge < -0.3 is 26.0 Å². The van der Waals surface area contributed by atoms with Crippen molar-refractivity contribution < 1.29 is 37.7 Å². The van der Waals surface area contributed by atoms with Crippen LogP contribution in [0, 0.1) is 5.82 Å². The van der Waals surface area contributed by atoms with E-state index in [1.165, 1.54) is 6.07 Å². The van der Waals surface area contributed by atoms with Gasteiger partial charge >= 0.3 is 6.18 Å². The minimum absolute atomic E-state index is 0.0318. The maximum atomic E-state index is 13.6. The number of aromatic hydroxyl groups is 1. The molecule has 10 heteroatoms. The first-order valence-electron chi connectivity index (χ1n) is 12.4. The zero-order valence-electron chi connectivity index (χ0n) is 21.6. The highest BCUT2D eigenvalue weighted by Crippen LogP contribution is 2.30. The number of aliphatic hydroxyl groups is 2. The fourth-order valence-electron chi connectivity index (χ4n) is 4.21. The summed E-state index contributed by atoms with van der Waals surface area (Å²) in [5, 5.41) is 35.5. The number of halogens is 4. The molecule has 0 fully saturated rings. The molecule has 0 aliphatic carbocycles. The molecule has 0 radical (unpaired) electrons. The van der Waals surface area contributed by atoms with Gasteiger partial charge in [0, 0.05) is 29.8 Å². The second-order valence-corrected chi connectivity index (χ2v) is 10.1. The number of amides is 1. The maximum Gasteiger partial charge on any atom is 0.416 e. The van der Waals surface area contributed by atoms with E-state index < -0.39 is 35.1 Å². The molecule has 0 aliphatic heterocycles. The van der Waals surface area contributed by atoms with Crippen LogP contribution in [0.2, 0.25) is 0 Å². The topological polar surface area (TPSA) is 102 Å². The van der Waals surface area contributed by atoms with Crippen LogP contribution < -0.4 is 10.6 Å². The standard InChI is InChI=1S/C29H32F4N2O4/c1-28(2,35-16-26(38)20-6-7-25(37)22(13-20)17-36)15-19-4-3-5-21(10-19)27(39)34-9-8-18-11-23(29(31,32)33)14-24(30)12-18/h3-7,10-14,26,35-38H,8-9,15-17H2,1-2H3,(H,34,39)/t26-/m0/s1. The minimum atomic E-state index is -4.66. The largest absolute Gasteiger partial charge is 0.508 e. The second-order valence-electron chi connectivity index (χ2n) is 10.1. The Hall–Kier alpha value is -3.47. The highest BCUT2D eigenvalue weighted by atomic mass is 19.4. The van der Waals surface area contributed by atoms with E-state index in [1.807, 2.05) is 19.9 Å².